The minimum Gasteiger partial charge on any atom is -0.350 e. The molecule has 0 unspecified atom stereocenters. The van der Waals surface area contributed by atoms with Gasteiger partial charge in [-0.05, 0) is 18.2 Å². The van der Waals surface area contributed by atoms with Crippen molar-refractivity contribution in [1.82, 2.24) is 9.97 Å². The summed E-state index contributed by atoms with van der Waals surface area (Å²) in [6, 6.07) is 13.0. The highest BCUT2D eigenvalue weighted by atomic mass is 16.2. The molecule has 6 heteroatoms. The predicted molar refractivity (Wildman–Crippen MR) is 87.6 cm³/mol. The van der Waals surface area contributed by atoms with E-state index in [2.05, 4.69) is 15.0 Å². The molecule has 6 nitrogen and oxygen atoms in total. The molecule has 0 bridgehead atoms. The lowest BCUT2D eigenvalue weighted by Gasteiger charge is -2.01. The van der Waals surface area contributed by atoms with Gasteiger partial charge < -0.3 is 10.7 Å². The van der Waals surface area contributed by atoms with Gasteiger partial charge in [0.05, 0.1) is 17.5 Å². The average Bonchev–Trinajstić information content (AvgIpc) is 3.00. The minimum atomic E-state index is -0.388. The van der Waals surface area contributed by atoms with Crippen molar-refractivity contribution < 1.29 is 9.59 Å². The molecule has 3 heterocycles. The van der Waals surface area contributed by atoms with Crippen LogP contribution in [0.1, 0.15) is 26.5 Å². The number of carbonyl (C=O) groups excluding carboxylic acids is 2. The zero-order valence-electron chi connectivity index (χ0n) is 12.2. The van der Waals surface area contributed by atoms with Gasteiger partial charge in [0.2, 0.25) is 5.78 Å². The maximum absolute atomic E-state index is 11.6. The first kappa shape index (κ1) is 14.8. The summed E-state index contributed by atoms with van der Waals surface area (Å²) in [4.78, 5) is 33.4. The summed E-state index contributed by atoms with van der Waals surface area (Å²) in [7, 11) is 0. The highest BCUT2D eigenvalue weighted by Crippen LogP contribution is 2.24. The number of Topliss-reactive ketones (excluding diaryl/α,β-unsaturated/α-hetero) is 1. The third-order valence-electron chi connectivity index (χ3n) is 3.40. The summed E-state index contributed by atoms with van der Waals surface area (Å²) in [6.07, 6.45) is 2.81. The zero-order valence-corrected chi connectivity index (χ0v) is 12.2. The molecule has 4 rings (SSSR count). The number of aromatic amines is 1. The summed E-state index contributed by atoms with van der Waals surface area (Å²) in [6.45, 7) is 0.529. The van der Waals surface area contributed by atoms with E-state index in [-0.39, 0.29) is 11.7 Å². The summed E-state index contributed by atoms with van der Waals surface area (Å²) in [5.41, 5.74) is 7.74. The number of nitrogens with one attached hydrogen (secondary N) is 1. The largest absolute Gasteiger partial charge is 0.350 e. The van der Waals surface area contributed by atoms with E-state index in [1.165, 1.54) is 0 Å². The molecule has 0 radical (unpaired) electrons. The molecular formula is C17H14N4O2. The maximum Gasteiger partial charge on any atom is 0.294 e. The normalized spacial score (nSPS) is 12.7. The molecule has 0 atom stereocenters. The van der Waals surface area contributed by atoms with Crippen molar-refractivity contribution in [3.8, 4) is 0 Å². The summed E-state index contributed by atoms with van der Waals surface area (Å²) >= 11 is 0. The Morgan fingerprint density at radius 2 is 1.83 bits per heavy atom. The molecule has 1 amide bonds. The van der Waals surface area contributed by atoms with Crippen LogP contribution in [0.25, 0.3) is 10.9 Å². The third-order valence-corrected chi connectivity index (χ3v) is 3.40. The monoisotopic (exact) mass is 306 g/mol. The molecule has 3 N–H and O–H groups in total. The number of aliphatic imine (C=N–C) groups is 1. The van der Waals surface area contributed by atoms with Crippen LogP contribution in [0, 0.1) is 0 Å². The molecule has 0 spiro atoms. The number of ketones is 1. The number of nitrogens with two attached hydrogens (primary N) is 1. The van der Waals surface area contributed by atoms with Crippen LogP contribution in [0.4, 0.5) is 0 Å². The van der Waals surface area contributed by atoms with Crippen LogP contribution in [0.5, 0.6) is 0 Å². The van der Waals surface area contributed by atoms with Gasteiger partial charge in [-0.3, -0.25) is 14.6 Å². The van der Waals surface area contributed by atoms with Crippen LogP contribution in [0.3, 0.4) is 0 Å². The number of rotatable bonds is 1. The second kappa shape index (κ2) is 6.33. The van der Waals surface area contributed by atoms with Crippen molar-refractivity contribution in [2.45, 2.75) is 6.54 Å². The minimum absolute atomic E-state index is 0.220. The van der Waals surface area contributed by atoms with E-state index in [0.717, 1.165) is 22.8 Å². The standard InChI is InChI=1S/C11H6N2O2.C6H8N2/c14-8-5-12-11(15)10-9(8)6-3-1-2-4-7(6)13-10;7-5-6-3-1-2-4-8-6/h1-5,13H;1-4H,5,7H2. The molecule has 0 saturated heterocycles. The Labute approximate surface area is 132 Å². The molecule has 1 aliphatic rings. The van der Waals surface area contributed by atoms with E-state index in [1.807, 2.05) is 42.5 Å². The molecular weight excluding hydrogens is 292 g/mol. The molecule has 0 saturated carbocycles. The van der Waals surface area contributed by atoms with E-state index in [1.54, 1.807) is 6.20 Å². The lowest BCUT2D eigenvalue weighted by atomic mass is 10.1. The number of hydrogen-bond acceptors (Lipinski definition) is 4. The second-order valence-corrected chi connectivity index (χ2v) is 4.87. The zero-order chi connectivity index (χ0) is 16.2. The smallest absolute Gasteiger partial charge is 0.294 e. The topological polar surface area (TPSA) is 101 Å². The Balaban J connectivity index is 0.000000166. The van der Waals surface area contributed by atoms with Crippen molar-refractivity contribution in [3.05, 3.63) is 65.6 Å². The number of carbonyl (C=O) groups is 2. The number of pyridine rings is 1. The fraction of sp³-hybridized carbons (Fsp3) is 0.0588. The molecule has 114 valence electrons. The number of H-pyrrole nitrogens is 1. The van der Waals surface area contributed by atoms with E-state index >= 15 is 0 Å². The van der Waals surface area contributed by atoms with Gasteiger partial charge in [0.25, 0.3) is 5.91 Å². The lowest BCUT2D eigenvalue weighted by Crippen LogP contribution is -2.14. The highest BCUT2D eigenvalue weighted by molar-refractivity contribution is 6.44. The Bertz CT molecular complexity index is 897. The molecule has 3 aromatic rings. The highest BCUT2D eigenvalue weighted by Gasteiger charge is 2.24. The average molecular weight is 306 g/mol. The lowest BCUT2D eigenvalue weighted by molar-refractivity contribution is 0.0974. The Hall–Kier alpha value is -3.12. The first-order valence-corrected chi connectivity index (χ1v) is 7.04. The van der Waals surface area contributed by atoms with Crippen molar-refractivity contribution in [3.63, 3.8) is 0 Å². The van der Waals surface area contributed by atoms with Crippen LogP contribution >= 0.6 is 0 Å². The Morgan fingerprint density at radius 3 is 2.52 bits per heavy atom. The van der Waals surface area contributed by atoms with Crippen LogP contribution in [0.2, 0.25) is 0 Å². The number of nitrogens with zero attached hydrogens (tertiary/aromatic N) is 2. The van der Waals surface area contributed by atoms with Gasteiger partial charge in [-0.25, -0.2) is 4.99 Å². The predicted octanol–water partition coefficient (Wildman–Crippen LogP) is 2.12. The van der Waals surface area contributed by atoms with Crippen molar-refractivity contribution >= 4 is 28.8 Å². The van der Waals surface area contributed by atoms with Gasteiger partial charge >= 0.3 is 0 Å². The second-order valence-electron chi connectivity index (χ2n) is 4.87. The van der Waals surface area contributed by atoms with Crippen LogP contribution in [-0.2, 0) is 6.54 Å². The van der Waals surface area contributed by atoms with Gasteiger partial charge in [-0.1, -0.05) is 24.3 Å². The van der Waals surface area contributed by atoms with E-state index in [4.69, 9.17) is 5.73 Å². The number of hydrogen-bond donors (Lipinski definition) is 2. The maximum atomic E-state index is 11.6. The molecule has 23 heavy (non-hydrogen) atoms. The SMILES string of the molecule is NCc1ccccn1.O=C1N=CC(=O)c2c1[nH]c1ccccc21. The fourth-order valence-corrected chi connectivity index (χ4v) is 2.32. The molecule has 1 aromatic carbocycles. The number of para-hydroxylation sites is 1. The Morgan fingerprint density at radius 1 is 1.04 bits per heavy atom. The van der Waals surface area contributed by atoms with Crippen LogP contribution < -0.4 is 5.73 Å². The van der Waals surface area contributed by atoms with E-state index < -0.39 is 0 Å². The summed E-state index contributed by atoms with van der Waals surface area (Å²) in [5.74, 6) is -0.608. The molecule has 1 aliphatic heterocycles. The van der Waals surface area contributed by atoms with Gasteiger partial charge in [-0.2, -0.15) is 0 Å². The van der Waals surface area contributed by atoms with Gasteiger partial charge in [-0.15, -0.1) is 0 Å². The molecule has 2 aromatic heterocycles. The van der Waals surface area contributed by atoms with E-state index in [0.29, 0.717) is 17.8 Å². The molecule has 0 fully saturated rings. The quantitative estimate of drug-likeness (QED) is 0.719. The number of fused-ring (bicyclic) bond motifs is 3. The van der Waals surface area contributed by atoms with Crippen molar-refractivity contribution in [2.24, 2.45) is 10.7 Å². The van der Waals surface area contributed by atoms with Gasteiger partial charge in [0.15, 0.2) is 0 Å². The van der Waals surface area contributed by atoms with Gasteiger partial charge in [0.1, 0.15) is 5.69 Å². The first-order valence-electron chi connectivity index (χ1n) is 7.04. The summed E-state index contributed by atoms with van der Waals surface area (Å²) < 4.78 is 0. The Kier molecular flexibility index (Phi) is 4.07. The first-order chi connectivity index (χ1) is 11.2. The molecule has 0 aliphatic carbocycles. The van der Waals surface area contributed by atoms with Crippen molar-refractivity contribution in [2.75, 3.05) is 0 Å². The van der Waals surface area contributed by atoms with Crippen LogP contribution in [-0.4, -0.2) is 27.9 Å². The van der Waals surface area contributed by atoms with Crippen molar-refractivity contribution in [1.29, 1.82) is 0 Å². The van der Waals surface area contributed by atoms with Crippen LogP contribution in [0.15, 0.2) is 53.7 Å². The number of amides is 1. The third kappa shape index (κ3) is 2.93. The fourth-order valence-electron chi connectivity index (χ4n) is 2.32. The number of aromatic nitrogens is 2. The van der Waals surface area contributed by atoms with E-state index in [9.17, 15) is 9.59 Å². The van der Waals surface area contributed by atoms with Gasteiger partial charge in [0, 0.05) is 23.6 Å². The summed E-state index contributed by atoms with van der Waals surface area (Å²) in [5, 5.41) is 0.775. The number of benzene rings is 1.